The van der Waals surface area contributed by atoms with Crippen molar-refractivity contribution in [2.24, 2.45) is 33.1 Å². The quantitative estimate of drug-likeness (QED) is 0.142. The van der Waals surface area contributed by atoms with Gasteiger partial charge in [0.25, 0.3) is 24.3 Å². The average molecular weight is 172 g/mol. The molecular formula is C4H12N8+2. The standard InChI is InChI=1S/C4H10N8/c5-3(6)11-9-1-2-10-12-4(7)8/h1-2H,(H4,5,6,11)(H4,7,8,12)/p+2/b9-1+,10-2+. The molecule has 12 heavy (non-hydrogen) atoms. The van der Waals surface area contributed by atoms with Crippen LogP contribution in [0, 0.1) is 0 Å². The lowest BCUT2D eigenvalue weighted by Crippen LogP contribution is -2.70. The van der Waals surface area contributed by atoms with Crippen LogP contribution in [-0.2, 0) is 0 Å². The summed E-state index contributed by atoms with van der Waals surface area (Å²) >= 11 is 0. The lowest BCUT2D eigenvalue weighted by molar-refractivity contribution is -0.470. The van der Waals surface area contributed by atoms with Gasteiger partial charge in [0.2, 0.25) is 0 Å². The van der Waals surface area contributed by atoms with Crippen molar-refractivity contribution in [2.45, 2.75) is 0 Å². The zero-order valence-corrected chi connectivity index (χ0v) is 6.36. The Balaban J connectivity index is 3.83. The third-order valence-corrected chi connectivity index (χ3v) is 0.620. The summed E-state index contributed by atoms with van der Waals surface area (Å²) in [5.41, 5.74) is 20.0. The molecule has 66 valence electrons. The van der Waals surface area contributed by atoms with E-state index in [0.29, 0.717) is 0 Å². The first-order valence-electron chi connectivity index (χ1n) is 2.96. The minimum absolute atomic E-state index is 0.0681. The number of nitrogens with zero attached hydrogens (tertiary/aromatic N) is 2. The van der Waals surface area contributed by atoms with Gasteiger partial charge < -0.3 is 22.9 Å². The molecule has 0 spiro atoms. The highest BCUT2D eigenvalue weighted by atomic mass is 15.3. The van der Waals surface area contributed by atoms with Gasteiger partial charge in [-0.05, 0) is 0 Å². The molecule has 0 saturated heterocycles. The van der Waals surface area contributed by atoms with Crippen LogP contribution in [0.1, 0.15) is 0 Å². The molecule has 0 aliphatic rings. The van der Waals surface area contributed by atoms with Crippen LogP contribution in [0.3, 0.4) is 0 Å². The molecule has 0 saturated carbocycles. The number of guanidine groups is 2. The molecule has 10 N–H and O–H groups in total. The zero-order chi connectivity index (χ0) is 9.40. The van der Waals surface area contributed by atoms with Gasteiger partial charge in [-0.1, -0.05) is 10.2 Å². The molecule has 0 radical (unpaired) electrons. The highest BCUT2D eigenvalue weighted by molar-refractivity contribution is 6.10. The Kier molecular flexibility index (Phi) is 4.65. The van der Waals surface area contributed by atoms with Gasteiger partial charge in [-0.2, -0.15) is 0 Å². The first-order valence-corrected chi connectivity index (χ1v) is 2.96. The van der Waals surface area contributed by atoms with Gasteiger partial charge in [0.05, 0.1) is 0 Å². The summed E-state index contributed by atoms with van der Waals surface area (Å²) in [6.07, 6.45) is 2.82. The van der Waals surface area contributed by atoms with E-state index >= 15 is 0 Å². The first kappa shape index (κ1) is 9.88. The zero-order valence-electron chi connectivity index (χ0n) is 6.36. The predicted octanol–water partition coefficient (Wildman–Crippen LogP) is -6.33. The Hall–Kier alpha value is -2.12. The molecule has 0 bridgehead atoms. The minimum Gasteiger partial charge on any atom is -0.365 e. The lowest BCUT2D eigenvalue weighted by atomic mass is 10.8. The summed E-state index contributed by atoms with van der Waals surface area (Å²) in [7, 11) is 0. The van der Waals surface area contributed by atoms with Crippen LogP contribution in [0.15, 0.2) is 10.2 Å². The summed E-state index contributed by atoms with van der Waals surface area (Å²) in [5.74, 6) is -0.136. The number of nitrogens with one attached hydrogen (secondary N) is 2. The van der Waals surface area contributed by atoms with E-state index in [9.17, 15) is 0 Å². The van der Waals surface area contributed by atoms with Crippen molar-refractivity contribution in [3.63, 3.8) is 0 Å². The van der Waals surface area contributed by atoms with Gasteiger partial charge in [-0.25, -0.2) is 0 Å². The fourth-order valence-electron chi connectivity index (χ4n) is 0.298. The molecule has 0 unspecified atom stereocenters. The third-order valence-electron chi connectivity index (χ3n) is 0.620. The van der Waals surface area contributed by atoms with E-state index in [1.165, 1.54) is 12.4 Å². The maximum atomic E-state index is 5.00. The Morgan fingerprint density at radius 1 is 0.833 bits per heavy atom. The highest BCUT2D eigenvalue weighted by Crippen LogP contribution is 1.31. The van der Waals surface area contributed by atoms with Crippen LogP contribution >= 0.6 is 0 Å². The molecule has 0 amide bonds. The monoisotopic (exact) mass is 172 g/mol. The van der Waals surface area contributed by atoms with Crippen LogP contribution in [-0.4, -0.2) is 24.3 Å². The van der Waals surface area contributed by atoms with E-state index in [4.69, 9.17) is 22.9 Å². The van der Waals surface area contributed by atoms with Crippen molar-refractivity contribution >= 4 is 24.3 Å². The Labute approximate surface area is 68.7 Å². The van der Waals surface area contributed by atoms with Crippen molar-refractivity contribution in [3.8, 4) is 0 Å². The van der Waals surface area contributed by atoms with Crippen LogP contribution in [0.5, 0.6) is 0 Å². The summed E-state index contributed by atoms with van der Waals surface area (Å²) < 4.78 is 0. The van der Waals surface area contributed by atoms with Crippen LogP contribution in [0.2, 0.25) is 0 Å². The maximum Gasteiger partial charge on any atom is 0.259 e. The molecular weight excluding hydrogens is 160 g/mol. The Bertz CT molecular complexity index is 201. The second-order valence-corrected chi connectivity index (χ2v) is 1.66. The Morgan fingerprint density at radius 2 is 1.17 bits per heavy atom. The molecule has 0 heterocycles. The van der Waals surface area contributed by atoms with Gasteiger partial charge in [-0.15, -0.1) is 0 Å². The molecule has 0 atom stereocenters. The fourth-order valence-corrected chi connectivity index (χ4v) is 0.298. The Morgan fingerprint density at radius 3 is 1.42 bits per heavy atom. The fraction of sp³-hybridized carbons (Fsp3) is 0. The van der Waals surface area contributed by atoms with Crippen molar-refractivity contribution in [1.82, 2.24) is 0 Å². The van der Waals surface area contributed by atoms with E-state index < -0.39 is 0 Å². The average Bonchev–Trinajstić information content (AvgIpc) is 1.95. The van der Waals surface area contributed by atoms with Crippen molar-refractivity contribution in [1.29, 1.82) is 0 Å². The second-order valence-electron chi connectivity index (χ2n) is 1.66. The molecule has 8 heteroatoms. The van der Waals surface area contributed by atoms with Gasteiger partial charge in [0, 0.05) is 10.2 Å². The molecule has 0 rings (SSSR count). The lowest BCUT2D eigenvalue weighted by Gasteiger charge is -1.74. The molecule has 0 fully saturated rings. The van der Waals surface area contributed by atoms with Crippen LogP contribution in [0.25, 0.3) is 0 Å². The van der Waals surface area contributed by atoms with E-state index in [1.54, 1.807) is 0 Å². The SMILES string of the molecule is NC(N)=N/[NH+]=C/C=[NH+]/N=C(N)N. The van der Waals surface area contributed by atoms with Crippen molar-refractivity contribution < 1.29 is 10.2 Å². The summed E-state index contributed by atoms with van der Waals surface area (Å²) in [4.78, 5) is 0. The normalized spacial score (nSPS) is 10.3. The first-order chi connectivity index (χ1) is 5.63. The van der Waals surface area contributed by atoms with Crippen molar-refractivity contribution in [2.75, 3.05) is 0 Å². The van der Waals surface area contributed by atoms with E-state index in [0.717, 1.165) is 0 Å². The topological polar surface area (TPSA) is 157 Å². The maximum absolute atomic E-state index is 5.00. The number of hydrogen-bond acceptors (Lipinski definition) is 2. The summed E-state index contributed by atoms with van der Waals surface area (Å²) in [6, 6.07) is 0. The van der Waals surface area contributed by atoms with Gasteiger partial charge >= 0.3 is 0 Å². The molecule has 0 aromatic rings. The molecule has 0 aliphatic heterocycles. The number of nitrogens with two attached hydrogens (primary N) is 4. The largest absolute Gasteiger partial charge is 0.365 e. The summed E-state index contributed by atoms with van der Waals surface area (Å²) in [5, 5.41) is 11.7. The van der Waals surface area contributed by atoms with Crippen LogP contribution in [0.4, 0.5) is 0 Å². The highest BCUT2D eigenvalue weighted by Gasteiger charge is 1.82. The van der Waals surface area contributed by atoms with E-state index in [-0.39, 0.29) is 11.9 Å². The third kappa shape index (κ3) is 7.88. The van der Waals surface area contributed by atoms with Crippen LogP contribution < -0.4 is 33.1 Å². The van der Waals surface area contributed by atoms with Gasteiger partial charge in [0.15, 0.2) is 0 Å². The van der Waals surface area contributed by atoms with Gasteiger partial charge in [0.1, 0.15) is 0 Å². The second kappa shape index (κ2) is 5.65. The predicted molar refractivity (Wildman–Crippen MR) is 45.7 cm³/mol. The smallest absolute Gasteiger partial charge is 0.259 e. The molecule has 0 aromatic heterocycles. The summed E-state index contributed by atoms with van der Waals surface area (Å²) in [6.45, 7) is 0. The molecule has 0 aromatic carbocycles. The van der Waals surface area contributed by atoms with E-state index in [2.05, 4.69) is 20.4 Å². The molecule has 8 nitrogen and oxygen atoms in total. The number of hydrazone groups is 2. The van der Waals surface area contributed by atoms with E-state index in [1.807, 2.05) is 0 Å². The molecule has 0 aliphatic carbocycles. The number of hydrogen-bond donors (Lipinski definition) is 6. The number of rotatable bonds is 3. The van der Waals surface area contributed by atoms with Crippen molar-refractivity contribution in [3.05, 3.63) is 0 Å². The van der Waals surface area contributed by atoms with Gasteiger partial charge in [-0.3, -0.25) is 0 Å². The minimum atomic E-state index is -0.0681.